The fraction of sp³-hybridized carbons (Fsp3) is 0.857. The van der Waals surface area contributed by atoms with E-state index in [0.29, 0.717) is 6.04 Å². The molecule has 2 fully saturated rings. The zero-order valence-corrected chi connectivity index (χ0v) is 11.1. The van der Waals surface area contributed by atoms with Crippen molar-refractivity contribution in [3.05, 3.63) is 12.2 Å². The average Bonchev–Trinajstić information content (AvgIpc) is 3.00. The summed E-state index contributed by atoms with van der Waals surface area (Å²) in [5, 5.41) is 8.46. The molecule has 1 aromatic heterocycles. The molecule has 0 atom stereocenters. The van der Waals surface area contributed by atoms with Crippen molar-refractivity contribution in [1.29, 1.82) is 0 Å². The van der Waals surface area contributed by atoms with Crippen LogP contribution in [-0.4, -0.2) is 20.3 Å². The summed E-state index contributed by atoms with van der Waals surface area (Å²) in [6.07, 6.45) is 14.3. The molecule has 4 nitrogen and oxygen atoms in total. The molecule has 0 bridgehead atoms. The molecule has 1 heterocycles. The highest BCUT2D eigenvalue weighted by molar-refractivity contribution is 5.02. The number of rotatable bonds is 3. The van der Waals surface area contributed by atoms with Crippen LogP contribution in [0.5, 0.6) is 0 Å². The summed E-state index contributed by atoms with van der Waals surface area (Å²) in [6.45, 7) is 0. The van der Waals surface area contributed by atoms with Crippen molar-refractivity contribution in [3.8, 4) is 0 Å². The minimum Gasteiger partial charge on any atom is -0.325 e. The molecule has 2 saturated carbocycles. The normalized spacial score (nSPS) is 24.5. The van der Waals surface area contributed by atoms with Crippen LogP contribution in [0.15, 0.2) is 6.33 Å². The van der Waals surface area contributed by atoms with Crippen molar-refractivity contribution >= 4 is 0 Å². The highest BCUT2D eigenvalue weighted by atomic mass is 15.3. The van der Waals surface area contributed by atoms with E-state index < -0.39 is 0 Å². The first-order chi connectivity index (χ1) is 8.77. The van der Waals surface area contributed by atoms with Crippen molar-refractivity contribution < 1.29 is 0 Å². The van der Waals surface area contributed by atoms with Crippen molar-refractivity contribution in [3.63, 3.8) is 0 Å². The zero-order chi connectivity index (χ0) is 12.4. The van der Waals surface area contributed by atoms with Crippen LogP contribution in [0.2, 0.25) is 0 Å². The molecule has 0 saturated heterocycles. The fourth-order valence-corrected chi connectivity index (χ4v) is 3.63. The standard InChI is InChI=1S/C14H24N4/c15-14(8-4-5-9-14)10-13-17-16-11-18(13)12-6-2-1-3-7-12/h11-12H,1-10,15H2. The van der Waals surface area contributed by atoms with Crippen molar-refractivity contribution in [2.24, 2.45) is 5.73 Å². The van der Waals surface area contributed by atoms with Gasteiger partial charge in [0, 0.05) is 18.0 Å². The average molecular weight is 248 g/mol. The summed E-state index contributed by atoms with van der Waals surface area (Å²) in [6, 6.07) is 0.619. The number of hydrogen-bond donors (Lipinski definition) is 1. The molecule has 0 radical (unpaired) electrons. The van der Waals surface area contributed by atoms with Gasteiger partial charge in [-0.1, -0.05) is 32.1 Å². The van der Waals surface area contributed by atoms with E-state index in [1.807, 2.05) is 6.33 Å². The molecule has 1 aromatic rings. The summed E-state index contributed by atoms with van der Waals surface area (Å²) >= 11 is 0. The van der Waals surface area contributed by atoms with E-state index in [9.17, 15) is 0 Å². The molecule has 0 spiro atoms. The Morgan fingerprint density at radius 2 is 1.89 bits per heavy atom. The molecule has 100 valence electrons. The molecule has 18 heavy (non-hydrogen) atoms. The van der Waals surface area contributed by atoms with E-state index in [-0.39, 0.29) is 5.54 Å². The maximum atomic E-state index is 6.47. The Balaban J connectivity index is 1.74. The summed E-state index contributed by atoms with van der Waals surface area (Å²) < 4.78 is 2.31. The third kappa shape index (κ3) is 2.44. The lowest BCUT2D eigenvalue weighted by molar-refractivity contribution is 0.333. The predicted molar refractivity (Wildman–Crippen MR) is 71.2 cm³/mol. The van der Waals surface area contributed by atoms with Gasteiger partial charge >= 0.3 is 0 Å². The predicted octanol–water partition coefficient (Wildman–Crippen LogP) is 2.60. The van der Waals surface area contributed by atoms with E-state index in [1.54, 1.807) is 0 Å². The Morgan fingerprint density at radius 3 is 2.61 bits per heavy atom. The first-order valence-corrected chi connectivity index (χ1v) is 7.44. The van der Waals surface area contributed by atoms with Crippen LogP contribution in [0.25, 0.3) is 0 Å². The van der Waals surface area contributed by atoms with Gasteiger partial charge in [-0.15, -0.1) is 10.2 Å². The molecular weight excluding hydrogens is 224 g/mol. The van der Waals surface area contributed by atoms with Crippen LogP contribution in [0.4, 0.5) is 0 Å². The molecular formula is C14H24N4. The van der Waals surface area contributed by atoms with Crippen LogP contribution in [0.1, 0.15) is 69.7 Å². The third-order valence-electron chi connectivity index (χ3n) is 4.72. The lowest BCUT2D eigenvalue weighted by atomic mass is 9.92. The Kier molecular flexibility index (Phi) is 3.37. The van der Waals surface area contributed by atoms with Crippen molar-refractivity contribution in [1.82, 2.24) is 14.8 Å². The Hall–Kier alpha value is -0.900. The second kappa shape index (κ2) is 5.00. The maximum absolute atomic E-state index is 6.47. The molecule has 0 unspecified atom stereocenters. The van der Waals surface area contributed by atoms with Gasteiger partial charge in [-0.05, 0) is 25.7 Å². The lowest BCUT2D eigenvalue weighted by Crippen LogP contribution is -2.39. The third-order valence-corrected chi connectivity index (χ3v) is 4.72. The Labute approximate surface area is 109 Å². The minimum absolute atomic E-state index is 0.0144. The van der Waals surface area contributed by atoms with Crippen molar-refractivity contribution in [2.75, 3.05) is 0 Å². The van der Waals surface area contributed by atoms with Gasteiger partial charge in [0.2, 0.25) is 0 Å². The van der Waals surface area contributed by atoms with Crippen molar-refractivity contribution in [2.45, 2.75) is 75.8 Å². The quantitative estimate of drug-likeness (QED) is 0.894. The largest absolute Gasteiger partial charge is 0.325 e. The summed E-state index contributed by atoms with van der Waals surface area (Å²) in [7, 11) is 0. The summed E-state index contributed by atoms with van der Waals surface area (Å²) in [4.78, 5) is 0. The van der Waals surface area contributed by atoms with Crippen LogP contribution in [0, 0.1) is 0 Å². The van der Waals surface area contributed by atoms with Gasteiger partial charge in [0.1, 0.15) is 12.2 Å². The first-order valence-electron chi connectivity index (χ1n) is 7.44. The highest BCUT2D eigenvalue weighted by Gasteiger charge is 2.32. The van der Waals surface area contributed by atoms with E-state index in [4.69, 9.17) is 5.73 Å². The first kappa shape index (κ1) is 12.2. The van der Waals surface area contributed by atoms with Gasteiger partial charge < -0.3 is 10.3 Å². The molecule has 3 rings (SSSR count). The van der Waals surface area contributed by atoms with Crippen LogP contribution >= 0.6 is 0 Å². The summed E-state index contributed by atoms with van der Waals surface area (Å²) in [5.41, 5.74) is 6.45. The van der Waals surface area contributed by atoms with Gasteiger partial charge in [0.25, 0.3) is 0 Å². The number of hydrogen-bond acceptors (Lipinski definition) is 3. The molecule has 0 aliphatic heterocycles. The van der Waals surface area contributed by atoms with Gasteiger partial charge in [-0.25, -0.2) is 0 Å². The SMILES string of the molecule is NC1(Cc2nncn2C2CCCCC2)CCCC1. The Morgan fingerprint density at radius 1 is 1.17 bits per heavy atom. The van der Waals surface area contributed by atoms with Gasteiger partial charge in [0.05, 0.1) is 0 Å². The topological polar surface area (TPSA) is 56.7 Å². The second-order valence-electron chi connectivity index (χ2n) is 6.19. The number of nitrogens with zero attached hydrogens (tertiary/aromatic N) is 3. The van der Waals surface area contributed by atoms with E-state index in [0.717, 1.165) is 25.1 Å². The number of nitrogens with two attached hydrogens (primary N) is 1. The fourth-order valence-electron chi connectivity index (χ4n) is 3.63. The summed E-state index contributed by atoms with van der Waals surface area (Å²) in [5.74, 6) is 1.12. The molecule has 2 aliphatic carbocycles. The second-order valence-corrected chi connectivity index (χ2v) is 6.19. The zero-order valence-electron chi connectivity index (χ0n) is 11.1. The molecule has 2 aliphatic rings. The Bertz CT molecular complexity index is 386. The molecule has 0 aromatic carbocycles. The van der Waals surface area contributed by atoms with Gasteiger partial charge in [-0.3, -0.25) is 0 Å². The van der Waals surface area contributed by atoms with Gasteiger partial charge in [-0.2, -0.15) is 0 Å². The lowest BCUT2D eigenvalue weighted by Gasteiger charge is -2.27. The highest BCUT2D eigenvalue weighted by Crippen LogP contribution is 2.32. The maximum Gasteiger partial charge on any atom is 0.134 e. The van der Waals surface area contributed by atoms with E-state index in [1.165, 1.54) is 44.9 Å². The van der Waals surface area contributed by atoms with Crippen LogP contribution < -0.4 is 5.73 Å². The number of aromatic nitrogens is 3. The minimum atomic E-state index is -0.0144. The smallest absolute Gasteiger partial charge is 0.134 e. The molecule has 0 amide bonds. The van der Waals surface area contributed by atoms with E-state index >= 15 is 0 Å². The van der Waals surface area contributed by atoms with Crippen LogP contribution in [-0.2, 0) is 6.42 Å². The van der Waals surface area contributed by atoms with E-state index in [2.05, 4.69) is 14.8 Å². The van der Waals surface area contributed by atoms with Gasteiger partial charge in [0.15, 0.2) is 0 Å². The monoisotopic (exact) mass is 248 g/mol. The van der Waals surface area contributed by atoms with Crippen LogP contribution in [0.3, 0.4) is 0 Å². The molecule has 4 heteroatoms. The molecule has 2 N–H and O–H groups in total.